The summed E-state index contributed by atoms with van der Waals surface area (Å²) in [5.41, 5.74) is 1.16. The highest BCUT2D eigenvalue weighted by atomic mass is 16.6. The Morgan fingerprint density at radius 3 is 2.56 bits per heavy atom. The lowest BCUT2D eigenvalue weighted by molar-refractivity contribution is -0.0511. The second-order valence-corrected chi connectivity index (χ2v) is 6.54. The molecule has 0 aliphatic carbocycles. The van der Waals surface area contributed by atoms with Crippen LogP contribution in [0.3, 0.4) is 0 Å². The van der Waals surface area contributed by atoms with Gasteiger partial charge in [-0.2, -0.15) is 0 Å². The van der Waals surface area contributed by atoms with Crippen LogP contribution in [0, 0.1) is 0 Å². The van der Waals surface area contributed by atoms with E-state index in [1.54, 1.807) is 4.57 Å². The molecule has 3 N–H and O–H groups in total. The summed E-state index contributed by atoms with van der Waals surface area (Å²) in [7, 11) is 2.09. The lowest BCUT2D eigenvalue weighted by Gasteiger charge is -2.33. The van der Waals surface area contributed by atoms with Crippen molar-refractivity contribution in [3.05, 3.63) is 12.7 Å². The van der Waals surface area contributed by atoms with Crippen LogP contribution in [0.5, 0.6) is 0 Å². The molecule has 2 aliphatic rings. The van der Waals surface area contributed by atoms with E-state index in [4.69, 9.17) is 4.74 Å². The van der Waals surface area contributed by atoms with Gasteiger partial charge < -0.3 is 29.9 Å². The van der Waals surface area contributed by atoms with Crippen molar-refractivity contribution in [3.8, 4) is 0 Å². The van der Waals surface area contributed by atoms with Crippen LogP contribution in [-0.4, -0.2) is 97.9 Å². The second kappa shape index (κ2) is 6.46. The van der Waals surface area contributed by atoms with E-state index in [1.807, 2.05) is 0 Å². The van der Waals surface area contributed by atoms with E-state index in [-0.39, 0.29) is 6.61 Å². The van der Waals surface area contributed by atoms with E-state index in [2.05, 4.69) is 31.8 Å². The molecule has 0 bridgehead atoms. The molecule has 0 aromatic carbocycles. The van der Waals surface area contributed by atoms with E-state index >= 15 is 0 Å². The van der Waals surface area contributed by atoms with Gasteiger partial charge in [-0.3, -0.25) is 4.57 Å². The Labute approximate surface area is 144 Å². The number of aliphatic hydroxyl groups excluding tert-OH is 3. The normalized spacial score (nSPS) is 31.1. The highest BCUT2D eigenvalue weighted by Crippen LogP contribution is 2.32. The van der Waals surface area contributed by atoms with Crippen molar-refractivity contribution in [1.29, 1.82) is 0 Å². The molecule has 4 rings (SSSR count). The number of hydrogen-bond donors (Lipinski definition) is 3. The number of fused-ring (bicyclic) bond motifs is 1. The first-order chi connectivity index (χ1) is 12.1. The van der Waals surface area contributed by atoms with Gasteiger partial charge in [0.2, 0.25) is 0 Å². The molecule has 2 aromatic rings. The first-order valence-corrected chi connectivity index (χ1v) is 8.33. The molecule has 2 aromatic heterocycles. The van der Waals surface area contributed by atoms with E-state index in [9.17, 15) is 15.3 Å². The number of likely N-dealkylation sites (N-methyl/N-ethyl adjacent to an activating group) is 1. The van der Waals surface area contributed by atoms with Gasteiger partial charge >= 0.3 is 0 Å². The van der Waals surface area contributed by atoms with Crippen molar-refractivity contribution >= 4 is 17.0 Å². The zero-order valence-corrected chi connectivity index (χ0v) is 13.9. The van der Waals surface area contributed by atoms with Gasteiger partial charge in [-0.25, -0.2) is 15.0 Å². The smallest absolute Gasteiger partial charge is 0.167 e. The Morgan fingerprint density at radius 2 is 1.88 bits per heavy atom. The molecule has 2 saturated heterocycles. The molecular weight excluding hydrogens is 328 g/mol. The molecule has 0 spiro atoms. The lowest BCUT2D eigenvalue weighted by Crippen LogP contribution is -2.44. The summed E-state index contributed by atoms with van der Waals surface area (Å²) in [5.74, 6) is 0.753. The topological polar surface area (TPSA) is 120 Å². The van der Waals surface area contributed by atoms with Gasteiger partial charge in [0, 0.05) is 26.2 Å². The minimum absolute atomic E-state index is 0.372. The SMILES string of the molecule is CN1CCN(c2ncnc3c2ncn3[C@H]2O[C@@H](CO)[C@@H](O)[C@H]2O)CC1. The van der Waals surface area contributed by atoms with Crippen molar-refractivity contribution in [2.45, 2.75) is 24.5 Å². The number of aliphatic hydroxyl groups is 3. The van der Waals surface area contributed by atoms with Crippen LogP contribution in [0.1, 0.15) is 6.23 Å². The van der Waals surface area contributed by atoms with Crippen molar-refractivity contribution < 1.29 is 20.1 Å². The minimum atomic E-state index is -1.17. The van der Waals surface area contributed by atoms with Crippen LogP contribution >= 0.6 is 0 Å². The molecule has 2 fully saturated rings. The molecule has 10 nitrogen and oxygen atoms in total. The number of imidazole rings is 1. The molecule has 25 heavy (non-hydrogen) atoms. The average Bonchev–Trinajstić information content (AvgIpc) is 3.17. The van der Waals surface area contributed by atoms with Crippen LogP contribution < -0.4 is 4.90 Å². The summed E-state index contributed by atoms with van der Waals surface area (Å²) in [6.07, 6.45) is -1.03. The number of rotatable bonds is 3. The minimum Gasteiger partial charge on any atom is -0.394 e. The third-order valence-electron chi connectivity index (χ3n) is 4.93. The molecule has 4 atom stereocenters. The van der Waals surface area contributed by atoms with Crippen LogP contribution in [-0.2, 0) is 4.74 Å². The van der Waals surface area contributed by atoms with Gasteiger partial charge in [0.1, 0.15) is 24.6 Å². The molecule has 4 heterocycles. The van der Waals surface area contributed by atoms with E-state index in [0.717, 1.165) is 32.0 Å². The Kier molecular flexibility index (Phi) is 4.29. The number of anilines is 1. The Balaban J connectivity index is 1.68. The third-order valence-corrected chi connectivity index (χ3v) is 4.93. The summed E-state index contributed by atoms with van der Waals surface area (Å²) in [6.45, 7) is 3.22. The number of ether oxygens (including phenoxy) is 1. The predicted octanol–water partition coefficient (Wildman–Crippen LogP) is -1.81. The zero-order valence-electron chi connectivity index (χ0n) is 13.9. The molecule has 0 saturated carbocycles. The number of nitrogens with zero attached hydrogens (tertiary/aromatic N) is 6. The van der Waals surface area contributed by atoms with Crippen LogP contribution in [0.15, 0.2) is 12.7 Å². The lowest BCUT2D eigenvalue weighted by atomic mass is 10.1. The maximum Gasteiger partial charge on any atom is 0.167 e. The first kappa shape index (κ1) is 16.6. The molecule has 10 heteroatoms. The number of aromatic nitrogens is 4. The third kappa shape index (κ3) is 2.75. The second-order valence-electron chi connectivity index (χ2n) is 6.54. The van der Waals surface area contributed by atoms with Gasteiger partial charge in [0.05, 0.1) is 12.9 Å². The molecule has 0 radical (unpaired) electrons. The quantitative estimate of drug-likeness (QED) is 0.588. The van der Waals surface area contributed by atoms with Crippen LogP contribution in [0.25, 0.3) is 11.2 Å². The van der Waals surface area contributed by atoms with Crippen molar-refractivity contribution in [2.75, 3.05) is 44.7 Å². The number of hydrogen-bond acceptors (Lipinski definition) is 9. The van der Waals surface area contributed by atoms with Crippen LogP contribution in [0.4, 0.5) is 5.82 Å². The van der Waals surface area contributed by atoms with Gasteiger partial charge in [-0.1, -0.05) is 0 Å². The molecule has 136 valence electrons. The molecule has 0 unspecified atom stereocenters. The van der Waals surface area contributed by atoms with Crippen molar-refractivity contribution in [2.24, 2.45) is 0 Å². The highest BCUT2D eigenvalue weighted by molar-refractivity contribution is 5.83. The predicted molar refractivity (Wildman–Crippen MR) is 88.0 cm³/mol. The van der Waals surface area contributed by atoms with E-state index < -0.39 is 24.5 Å². The molecule has 2 aliphatic heterocycles. The standard InChI is InChI=1S/C15H22N6O4/c1-19-2-4-20(5-3-19)13-10-14(17-7-16-13)21(8-18-10)15-12(24)11(23)9(6-22)25-15/h7-9,11-12,15,22-24H,2-6H2,1H3/t9-,11+,12+,15-/m0/s1. The fourth-order valence-corrected chi connectivity index (χ4v) is 3.39. The van der Waals surface area contributed by atoms with Gasteiger partial charge in [-0.15, -0.1) is 0 Å². The van der Waals surface area contributed by atoms with E-state index in [0.29, 0.717) is 11.2 Å². The van der Waals surface area contributed by atoms with E-state index in [1.165, 1.54) is 12.7 Å². The Bertz CT molecular complexity index is 747. The molecule has 0 amide bonds. The van der Waals surface area contributed by atoms with Crippen molar-refractivity contribution in [3.63, 3.8) is 0 Å². The van der Waals surface area contributed by atoms with Gasteiger partial charge in [0.15, 0.2) is 23.2 Å². The monoisotopic (exact) mass is 350 g/mol. The zero-order chi connectivity index (χ0) is 17.6. The summed E-state index contributed by atoms with van der Waals surface area (Å²) in [5, 5.41) is 29.5. The van der Waals surface area contributed by atoms with Gasteiger partial charge in [0.25, 0.3) is 0 Å². The fraction of sp³-hybridized carbons (Fsp3) is 0.667. The average molecular weight is 350 g/mol. The molecular formula is C15H22N6O4. The summed E-state index contributed by atoms with van der Waals surface area (Å²) in [4.78, 5) is 17.5. The first-order valence-electron chi connectivity index (χ1n) is 8.33. The highest BCUT2D eigenvalue weighted by Gasteiger charge is 2.44. The van der Waals surface area contributed by atoms with Crippen LogP contribution in [0.2, 0.25) is 0 Å². The summed E-state index contributed by atoms with van der Waals surface area (Å²) < 4.78 is 7.16. The summed E-state index contributed by atoms with van der Waals surface area (Å²) in [6, 6.07) is 0. The number of piperazine rings is 1. The van der Waals surface area contributed by atoms with Gasteiger partial charge in [-0.05, 0) is 7.05 Å². The maximum atomic E-state index is 10.2. The fourth-order valence-electron chi connectivity index (χ4n) is 3.39. The largest absolute Gasteiger partial charge is 0.394 e. The Morgan fingerprint density at radius 1 is 1.12 bits per heavy atom. The Hall–Kier alpha value is -1.85. The maximum absolute atomic E-state index is 10.2. The van der Waals surface area contributed by atoms with Crippen molar-refractivity contribution in [1.82, 2.24) is 24.4 Å². The summed E-state index contributed by atoms with van der Waals surface area (Å²) >= 11 is 0.